The van der Waals surface area contributed by atoms with Crippen molar-refractivity contribution in [2.45, 2.75) is 6.42 Å². The quantitative estimate of drug-likeness (QED) is 0.758. The van der Waals surface area contributed by atoms with Crippen LogP contribution >= 0.6 is 0 Å². The summed E-state index contributed by atoms with van der Waals surface area (Å²) in [5.74, 6) is -0.839. The standard InChI is InChI=1S/C10H8FNO3/c11-9-6(1-2-12)10-8(5-7(9)13)14-3-4-15-10/h5,13H,1,3-4H2. The second kappa shape index (κ2) is 3.65. The zero-order valence-electron chi connectivity index (χ0n) is 7.79. The molecule has 1 aliphatic rings. The molecule has 1 aliphatic heterocycles. The van der Waals surface area contributed by atoms with E-state index in [2.05, 4.69) is 0 Å². The van der Waals surface area contributed by atoms with Crippen molar-refractivity contribution in [1.29, 1.82) is 5.26 Å². The summed E-state index contributed by atoms with van der Waals surface area (Å²) in [5, 5.41) is 17.8. The molecule has 0 saturated carbocycles. The Morgan fingerprint density at radius 1 is 1.47 bits per heavy atom. The zero-order valence-corrected chi connectivity index (χ0v) is 7.79. The lowest BCUT2D eigenvalue weighted by molar-refractivity contribution is 0.168. The van der Waals surface area contributed by atoms with E-state index in [9.17, 15) is 9.50 Å². The molecule has 0 spiro atoms. The molecule has 2 rings (SSSR count). The number of nitriles is 1. The predicted octanol–water partition coefficient (Wildman–Crippen LogP) is 1.37. The predicted molar refractivity (Wildman–Crippen MR) is 48.4 cm³/mol. The van der Waals surface area contributed by atoms with Crippen LogP contribution in [-0.2, 0) is 6.42 Å². The Kier molecular flexibility index (Phi) is 2.34. The fraction of sp³-hybridized carbons (Fsp3) is 0.300. The third kappa shape index (κ3) is 1.54. The fourth-order valence-corrected chi connectivity index (χ4v) is 1.45. The van der Waals surface area contributed by atoms with Gasteiger partial charge in [-0.2, -0.15) is 5.26 Å². The Labute approximate surface area is 85.5 Å². The molecule has 0 aliphatic carbocycles. The van der Waals surface area contributed by atoms with E-state index in [4.69, 9.17) is 14.7 Å². The molecular weight excluding hydrogens is 201 g/mol. The molecular formula is C10H8FNO3. The van der Waals surface area contributed by atoms with Gasteiger partial charge in [-0.1, -0.05) is 0 Å². The van der Waals surface area contributed by atoms with Crippen molar-refractivity contribution in [2.24, 2.45) is 0 Å². The third-order valence-corrected chi connectivity index (χ3v) is 2.10. The third-order valence-electron chi connectivity index (χ3n) is 2.10. The van der Waals surface area contributed by atoms with Gasteiger partial charge in [-0.15, -0.1) is 0 Å². The lowest BCUT2D eigenvalue weighted by Gasteiger charge is -2.21. The Hall–Kier alpha value is -1.96. The number of hydrogen-bond acceptors (Lipinski definition) is 4. The van der Waals surface area contributed by atoms with Gasteiger partial charge < -0.3 is 14.6 Å². The van der Waals surface area contributed by atoms with Crippen LogP contribution in [0.4, 0.5) is 4.39 Å². The van der Waals surface area contributed by atoms with Gasteiger partial charge >= 0.3 is 0 Å². The average Bonchev–Trinajstić information content (AvgIpc) is 2.25. The Bertz CT molecular complexity index is 439. The smallest absolute Gasteiger partial charge is 0.173 e. The van der Waals surface area contributed by atoms with Crippen molar-refractivity contribution in [2.75, 3.05) is 13.2 Å². The molecule has 1 aromatic carbocycles. The monoisotopic (exact) mass is 209 g/mol. The molecule has 0 fully saturated rings. The zero-order chi connectivity index (χ0) is 10.8. The van der Waals surface area contributed by atoms with Crippen LogP contribution in [0.15, 0.2) is 6.07 Å². The van der Waals surface area contributed by atoms with E-state index in [1.165, 1.54) is 0 Å². The average molecular weight is 209 g/mol. The Morgan fingerprint density at radius 3 is 2.93 bits per heavy atom. The number of fused-ring (bicyclic) bond motifs is 1. The van der Waals surface area contributed by atoms with Gasteiger partial charge in [0.05, 0.1) is 18.1 Å². The minimum Gasteiger partial charge on any atom is -0.505 e. The van der Waals surface area contributed by atoms with Crippen LogP contribution < -0.4 is 9.47 Å². The minimum absolute atomic E-state index is 0.0483. The van der Waals surface area contributed by atoms with Gasteiger partial charge in [0.1, 0.15) is 13.2 Å². The molecule has 0 amide bonds. The fourth-order valence-electron chi connectivity index (χ4n) is 1.45. The first kappa shape index (κ1) is 9.59. The number of phenolic OH excluding ortho intramolecular Hbond substituents is 1. The van der Waals surface area contributed by atoms with Gasteiger partial charge in [0.25, 0.3) is 0 Å². The summed E-state index contributed by atoms with van der Waals surface area (Å²) in [7, 11) is 0. The number of ether oxygens (including phenoxy) is 2. The molecule has 1 N–H and O–H groups in total. The van der Waals surface area contributed by atoms with Crippen LogP contribution in [0.25, 0.3) is 0 Å². The summed E-state index contributed by atoms with van der Waals surface area (Å²) in [6, 6.07) is 2.97. The van der Waals surface area contributed by atoms with E-state index in [1.54, 1.807) is 0 Å². The lowest BCUT2D eigenvalue weighted by Crippen LogP contribution is -2.17. The molecule has 0 saturated heterocycles. The molecule has 15 heavy (non-hydrogen) atoms. The molecule has 0 atom stereocenters. The highest BCUT2D eigenvalue weighted by atomic mass is 19.1. The lowest BCUT2D eigenvalue weighted by atomic mass is 10.1. The van der Waals surface area contributed by atoms with E-state index in [-0.39, 0.29) is 23.5 Å². The van der Waals surface area contributed by atoms with Crippen LogP contribution in [-0.4, -0.2) is 18.3 Å². The van der Waals surface area contributed by atoms with Crippen LogP contribution in [0.2, 0.25) is 0 Å². The topological polar surface area (TPSA) is 62.5 Å². The number of phenols is 1. The van der Waals surface area contributed by atoms with E-state index >= 15 is 0 Å². The van der Waals surface area contributed by atoms with Crippen molar-refractivity contribution >= 4 is 0 Å². The summed E-state index contributed by atoms with van der Waals surface area (Å²) in [4.78, 5) is 0. The maximum absolute atomic E-state index is 13.4. The van der Waals surface area contributed by atoms with Crippen LogP contribution in [0, 0.1) is 17.1 Å². The summed E-state index contributed by atoms with van der Waals surface area (Å²) < 4.78 is 23.8. The van der Waals surface area contributed by atoms with Crippen molar-refractivity contribution in [3.05, 3.63) is 17.4 Å². The van der Waals surface area contributed by atoms with Gasteiger partial charge in [-0.3, -0.25) is 0 Å². The molecule has 5 heteroatoms. The number of halogens is 1. The van der Waals surface area contributed by atoms with E-state index in [1.807, 2.05) is 6.07 Å². The first-order valence-electron chi connectivity index (χ1n) is 4.41. The number of benzene rings is 1. The van der Waals surface area contributed by atoms with Gasteiger partial charge in [-0.25, -0.2) is 4.39 Å². The van der Waals surface area contributed by atoms with Crippen molar-refractivity contribution in [3.63, 3.8) is 0 Å². The van der Waals surface area contributed by atoms with Crippen molar-refractivity contribution in [1.82, 2.24) is 0 Å². The summed E-state index contributed by atoms with van der Waals surface area (Å²) in [6.45, 7) is 0.666. The van der Waals surface area contributed by atoms with E-state index < -0.39 is 11.6 Å². The minimum atomic E-state index is -0.819. The van der Waals surface area contributed by atoms with Gasteiger partial charge in [0.2, 0.25) is 0 Å². The van der Waals surface area contributed by atoms with Gasteiger partial charge in [0.15, 0.2) is 23.1 Å². The summed E-state index contributed by atoms with van der Waals surface area (Å²) in [6.07, 6.45) is -0.161. The van der Waals surface area contributed by atoms with E-state index in [0.29, 0.717) is 13.2 Å². The second-order valence-electron chi connectivity index (χ2n) is 3.05. The molecule has 0 radical (unpaired) electrons. The normalized spacial score (nSPS) is 13.3. The first-order valence-corrected chi connectivity index (χ1v) is 4.41. The van der Waals surface area contributed by atoms with E-state index in [0.717, 1.165) is 6.07 Å². The number of aromatic hydroxyl groups is 1. The highest BCUT2D eigenvalue weighted by Crippen LogP contribution is 2.39. The van der Waals surface area contributed by atoms with Crippen molar-refractivity contribution in [3.8, 4) is 23.3 Å². The van der Waals surface area contributed by atoms with Gasteiger partial charge in [-0.05, 0) is 0 Å². The molecule has 1 heterocycles. The summed E-state index contributed by atoms with van der Waals surface area (Å²) in [5.41, 5.74) is 0.0483. The highest BCUT2D eigenvalue weighted by Gasteiger charge is 2.22. The number of hydrogen-bond donors (Lipinski definition) is 1. The molecule has 1 aromatic rings. The van der Waals surface area contributed by atoms with Crippen LogP contribution in [0.1, 0.15) is 5.56 Å². The highest BCUT2D eigenvalue weighted by molar-refractivity contribution is 5.53. The largest absolute Gasteiger partial charge is 0.505 e. The van der Waals surface area contributed by atoms with Crippen LogP contribution in [0.5, 0.6) is 17.2 Å². The summed E-state index contributed by atoms with van der Waals surface area (Å²) >= 11 is 0. The molecule has 0 aromatic heterocycles. The van der Waals surface area contributed by atoms with Gasteiger partial charge in [0, 0.05) is 6.07 Å². The SMILES string of the molecule is N#CCc1c(F)c(O)cc2c1OCCO2. The Morgan fingerprint density at radius 2 is 2.20 bits per heavy atom. The molecule has 4 nitrogen and oxygen atoms in total. The van der Waals surface area contributed by atoms with Crippen LogP contribution in [0.3, 0.4) is 0 Å². The maximum atomic E-state index is 13.4. The van der Waals surface area contributed by atoms with Crippen molar-refractivity contribution < 1.29 is 19.0 Å². The molecule has 0 bridgehead atoms. The maximum Gasteiger partial charge on any atom is 0.173 e. The Balaban J connectivity index is 2.58. The molecule has 78 valence electrons. The number of rotatable bonds is 1. The number of nitrogens with zero attached hydrogens (tertiary/aromatic N) is 1. The molecule has 0 unspecified atom stereocenters. The first-order chi connectivity index (χ1) is 7.24. The second-order valence-corrected chi connectivity index (χ2v) is 3.05.